The van der Waals surface area contributed by atoms with E-state index in [1.807, 2.05) is 44.2 Å². The summed E-state index contributed by atoms with van der Waals surface area (Å²) in [5.41, 5.74) is 2.62. The van der Waals surface area contributed by atoms with Crippen LogP contribution in [0.2, 0.25) is 5.02 Å². The van der Waals surface area contributed by atoms with E-state index < -0.39 is 0 Å². The lowest BCUT2D eigenvalue weighted by molar-refractivity contribution is -0.124. The number of carbonyl (C=O) groups is 2. The minimum atomic E-state index is -0.185. The zero-order chi connectivity index (χ0) is 23.0. The first-order valence-electron chi connectivity index (χ1n) is 10.4. The van der Waals surface area contributed by atoms with Crippen molar-refractivity contribution in [2.45, 2.75) is 33.7 Å². The molecule has 6 nitrogen and oxygen atoms in total. The van der Waals surface area contributed by atoms with Gasteiger partial charge in [-0.05, 0) is 54.8 Å². The molecule has 0 aliphatic rings. The quantitative estimate of drug-likeness (QED) is 0.567. The van der Waals surface area contributed by atoms with Crippen LogP contribution in [-0.2, 0) is 9.59 Å². The Balaban J connectivity index is 1.97. The van der Waals surface area contributed by atoms with Gasteiger partial charge in [0.2, 0.25) is 11.8 Å². The van der Waals surface area contributed by atoms with Crippen molar-refractivity contribution in [3.63, 3.8) is 0 Å². The second-order valence-corrected chi connectivity index (χ2v) is 8.31. The number of carbonyl (C=O) groups excluding carboxylic acids is 2. The van der Waals surface area contributed by atoms with E-state index in [0.717, 1.165) is 16.9 Å². The molecule has 7 heteroatoms. The van der Waals surface area contributed by atoms with Crippen molar-refractivity contribution in [1.82, 2.24) is 10.2 Å². The standard InChI is InChI=1S/C24H32ClN3O3/c1-6-28(14-22(29)26-21-13-19(25)10-7-17(21)4)15-23(30)27-24(16(2)3)18-8-11-20(31-5)12-9-18/h7-13,16,24H,6,14-15H2,1-5H3,(H,26,29)(H,27,30). The van der Waals surface area contributed by atoms with E-state index in [1.165, 1.54) is 0 Å². The Labute approximate surface area is 189 Å². The van der Waals surface area contributed by atoms with E-state index in [1.54, 1.807) is 24.1 Å². The Kier molecular flexibility index (Phi) is 9.34. The van der Waals surface area contributed by atoms with Crippen LogP contribution in [0.25, 0.3) is 0 Å². The predicted molar refractivity (Wildman–Crippen MR) is 126 cm³/mol. The van der Waals surface area contributed by atoms with E-state index in [0.29, 0.717) is 17.3 Å². The van der Waals surface area contributed by atoms with E-state index in [-0.39, 0.29) is 36.9 Å². The average Bonchev–Trinajstić information content (AvgIpc) is 2.74. The van der Waals surface area contributed by atoms with Crippen LogP contribution < -0.4 is 15.4 Å². The average molecular weight is 446 g/mol. The first kappa shape index (κ1) is 24.7. The number of hydrogen-bond acceptors (Lipinski definition) is 4. The lowest BCUT2D eigenvalue weighted by atomic mass is 9.96. The van der Waals surface area contributed by atoms with E-state index in [2.05, 4.69) is 24.5 Å². The smallest absolute Gasteiger partial charge is 0.238 e. The third-order valence-corrected chi connectivity index (χ3v) is 5.35. The molecule has 0 aliphatic heterocycles. The second-order valence-electron chi connectivity index (χ2n) is 7.87. The van der Waals surface area contributed by atoms with Crippen molar-refractivity contribution in [2.24, 2.45) is 5.92 Å². The molecule has 1 unspecified atom stereocenters. The number of nitrogens with zero attached hydrogens (tertiary/aromatic N) is 1. The first-order valence-corrected chi connectivity index (χ1v) is 10.8. The van der Waals surface area contributed by atoms with Gasteiger partial charge in [-0.15, -0.1) is 0 Å². The highest BCUT2D eigenvalue weighted by molar-refractivity contribution is 6.31. The zero-order valence-corrected chi connectivity index (χ0v) is 19.6. The highest BCUT2D eigenvalue weighted by atomic mass is 35.5. The largest absolute Gasteiger partial charge is 0.497 e. The molecule has 0 fully saturated rings. The number of halogens is 1. The summed E-state index contributed by atoms with van der Waals surface area (Å²) in [5, 5.41) is 6.54. The van der Waals surface area contributed by atoms with Gasteiger partial charge in [-0.25, -0.2) is 0 Å². The summed E-state index contributed by atoms with van der Waals surface area (Å²) in [4.78, 5) is 27.0. The molecular formula is C24H32ClN3O3. The molecule has 168 valence electrons. The lowest BCUT2D eigenvalue weighted by Gasteiger charge is -2.25. The molecule has 2 rings (SSSR count). The summed E-state index contributed by atoms with van der Waals surface area (Å²) in [6.07, 6.45) is 0. The van der Waals surface area contributed by atoms with Crippen molar-refractivity contribution in [1.29, 1.82) is 0 Å². The van der Waals surface area contributed by atoms with Crippen LogP contribution in [0.4, 0.5) is 5.69 Å². The Bertz CT molecular complexity index is 884. The first-order chi connectivity index (χ1) is 14.7. The number of ether oxygens (including phenoxy) is 1. The van der Waals surface area contributed by atoms with Crippen LogP contribution in [0.15, 0.2) is 42.5 Å². The van der Waals surface area contributed by atoms with Crippen molar-refractivity contribution >= 4 is 29.1 Å². The SMILES string of the molecule is CCN(CC(=O)Nc1cc(Cl)ccc1C)CC(=O)NC(c1ccc(OC)cc1)C(C)C. The van der Waals surface area contributed by atoms with Crippen molar-refractivity contribution in [2.75, 3.05) is 32.1 Å². The number of rotatable bonds is 10. The number of methoxy groups -OCH3 is 1. The third kappa shape index (κ3) is 7.56. The maximum absolute atomic E-state index is 12.7. The number of benzene rings is 2. The van der Waals surface area contributed by atoms with Crippen LogP contribution in [0.5, 0.6) is 5.75 Å². The van der Waals surface area contributed by atoms with Gasteiger partial charge in [0, 0.05) is 10.7 Å². The van der Waals surface area contributed by atoms with Gasteiger partial charge in [-0.1, -0.05) is 50.6 Å². The fraction of sp³-hybridized carbons (Fsp3) is 0.417. The molecule has 2 aromatic carbocycles. The van der Waals surface area contributed by atoms with Gasteiger partial charge in [0.1, 0.15) is 5.75 Å². The summed E-state index contributed by atoms with van der Waals surface area (Å²) in [5.74, 6) is 0.677. The molecule has 0 heterocycles. The minimum Gasteiger partial charge on any atom is -0.497 e. The molecule has 0 saturated heterocycles. The van der Waals surface area contributed by atoms with E-state index >= 15 is 0 Å². The molecule has 2 aromatic rings. The van der Waals surface area contributed by atoms with E-state index in [4.69, 9.17) is 16.3 Å². The topological polar surface area (TPSA) is 70.7 Å². The molecule has 0 bridgehead atoms. The predicted octanol–water partition coefficient (Wildman–Crippen LogP) is 4.43. The number of anilines is 1. The number of hydrogen-bond donors (Lipinski definition) is 2. The maximum atomic E-state index is 12.7. The molecule has 0 spiro atoms. The second kappa shape index (κ2) is 11.7. The highest BCUT2D eigenvalue weighted by Crippen LogP contribution is 2.24. The van der Waals surface area contributed by atoms with Gasteiger partial charge < -0.3 is 15.4 Å². The van der Waals surface area contributed by atoms with Crippen LogP contribution >= 0.6 is 11.6 Å². The third-order valence-electron chi connectivity index (χ3n) is 5.11. The molecule has 1 atom stereocenters. The number of aryl methyl sites for hydroxylation is 1. The van der Waals surface area contributed by atoms with Crippen LogP contribution in [-0.4, -0.2) is 43.5 Å². The monoisotopic (exact) mass is 445 g/mol. The highest BCUT2D eigenvalue weighted by Gasteiger charge is 2.20. The van der Waals surface area contributed by atoms with Crippen molar-refractivity contribution < 1.29 is 14.3 Å². The van der Waals surface area contributed by atoms with Crippen molar-refractivity contribution in [3.05, 3.63) is 58.6 Å². The number of nitrogens with one attached hydrogen (secondary N) is 2. The van der Waals surface area contributed by atoms with Gasteiger partial charge in [0.25, 0.3) is 0 Å². The Hall–Kier alpha value is -2.57. The maximum Gasteiger partial charge on any atom is 0.238 e. The zero-order valence-electron chi connectivity index (χ0n) is 18.9. The van der Waals surface area contributed by atoms with Gasteiger partial charge >= 0.3 is 0 Å². The molecular weight excluding hydrogens is 414 g/mol. The van der Waals surface area contributed by atoms with Gasteiger partial charge in [0.15, 0.2) is 0 Å². The summed E-state index contributed by atoms with van der Waals surface area (Å²) in [6, 6.07) is 12.9. The molecule has 0 saturated carbocycles. The summed E-state index contributed by atoms with van der Waals surface area (Å²) in [6.45, 7) is 8.78. The van der Waals surface area contributed by atoms with E-state index in [9.17, 15) is 9.59 Å². The number of likely N-dealkylation sites (N-methyl/N-ethyl adjacent to an activating group) is 1. The lowest BCUT2D eigenvalue weighted by Crippen LogP contribution is -2.43. The summed E-state index contributed by atoms with van der Waals surface area (Å²) in [7, 11) is 1.62. The van der Waals surface area contributed by atoms with Crippen LogP contribution in [0.1, 0.15) is 37.9 Å². The summed E-state index contributed by atoms with van der Waals surface area (Å²) < 4.78 is 5.21. The Morgan fingerprint density at radius 3 is 2.29 bits per heavy atom. The van der Waals surface area contributed by atoms with Crippen molar-refractivity contribution in [3.8, 4) is 5.75 Å². The van der Waals surface area contributed by atoms with Crippen LogP contribution in [0, 0.1) is 12.8 Å². The molecule has 2 N–H and O–H groups in total. The molecule has 2 amide bonds. The molecule has 0 aliphatic carbocycles. The number of amides is 2. The van der Waals surface area contributed by atoms with Gasteiger partial charge in [0.05, 0.1) is 26.2 Å². The van der Waals surface area contributed by atoms with Gasteiger partial charge in [-0.2, -0.15) is 0 Å². The molecule has 31 heavy (non-hydrogen) atoms. The summed E-state index contributed by atoms with van der Waals surface area (Å²) >= 11 is 6.02. The van der Waals surface area contributed by atoms with Crippen LogP contribution in [0.3, 0.4) is 0 Å². The fourth-order valence-electron chi connectivity index (χ4n) is 3.27. The Morgan fingerprint density at radius 2 is 1.71 bits per heavy atom. The minimum absolute atomic E-state index is 0.116. The fourth-order valence-corrected chi connectivity index (χ4v) is 3.44. The normalized spacial score (nSPS) is 12.0. The Morgan fingerprint density at radius 1 is 1.06 bits per heavy atom. The molecule has 0 radical (unpaired) electrons. The molecule has 0 aromatic heterocycles. The van der Waals surface area contributed by atoms with Gasteiger partial charge in [-0.3, -0.25) is 14.5 Å².